The minimum absolute atomic E-state index is 0.0648. The van der Waals surface area contributed by atoms with Gasteiger partial charge in [-0.15, -0.1) is 0 Å². The van der Waals surface area contributed by atoms with Gasteiger partial charge in [0.2, 0.25) is 0 Å². The van der Waals surface area contributed by atoms with Crippen LogP contribution in [0.5, 0.6) is 0 Å². The Morgan fingerprint density at radius 1 is 1.17 bits per heavy atom. The molecule has 0 aliphatic carbocycles. The van der Waals surface area contributed by atoms with E-state index in [1.807, 2.05) is 0 Å². The standard InChI is InChI=1S/C9H11F2N/c1-9(2,12)8-6(10)4-3-5-7(8)11/h3-5H,12H2,1-2H3. The Hall–Kier alpha value is -0.960. The van der Waals surface area contributed by atoms with Crippen LogP contribution >= 0.6 is 0 Å². The summed E-state index contributed by atoms with van der Waals surface area (Å²) in [5.41, 5.74) is 4.54. The molecule has 3 heteroatoms. The van der Waals surface area contributed by atoms with Gasteiger partial charge in [-0.05, 0) is 26.0 Å². The first-order chi connectivity index (χ1) is 5.43. The van der Waals surface area contributed by atoms with Crippen molar-refractivity contribution in [2.45, 2.75) is 19.4 Å². The van der Waals surface area contributed by atoms with Gasteiger partial charge in [-0.2, -0.15) is 0 Å². The van der Waals surface area contributed by atoms with Crippen molar-refractivity contribution in [2.75, 3.05) is 0 Å². The van der Waals surface area contributed by atoms with Gasteiger partial charge in [0.25, 0.3) is 0 Å². The molecule has 0 saturated carbocycles. The zero-order valence-corrected chi connectivity index (χ0v) is 7.07. The van der Waals surface area contributed by atoms with Gasteiger partial charge in [0.05, 0.1) is 0 Å². The number of nitrogens with two attached hydrogens (primary N) is 1. The molecule has 12 heavy (non-hydrogen) atoms. The topological polar surface area (TPSA) is 26.0 Å². The first-order valence-corrected chi connectivity index (χ1v) is 3.66. The molecule has 0 saturated heterocycles. The molecule has 0 bridgehead atoms. The molecule has 1 aromatic rings. The Morgan fingerprint density at radius 3 is 1.83 bits per heavy atom. The molecule has 1 nitrogen and oxygen atoms in total. The monoisotopic (exact) mass is 171 g/mol. The largest absolute Gasteiger partial charge is 0.322 e. The average Bonchev–Trinajstić information content (AvgIpc) is 1.82. The highest BCUT2D eigenvalue weighted by molar-refractivity contribution is 5.25. The van der Waals surface area contributed by atoms with Gasteiger partial charge < -0.3 is 5.73 Å². The van der Waals surface area contributed by atoms with E-state index >= 15 is 0 Å². The Bertz CT molecular complexity index is 269. The molecule has 0 aliphatic heterocycles. The summed E-state index contributed by atoms with van der Waals surface area (Å²) in [6, 6.07) is 3.72. The fraction of sp³-hybridized carbons (Fsp3) is 0.333. The van der Waals surface area contributed by atoms with Crippen LogP contribution in [-0.2, 0) is 5.54 Å². The van der Waals surface area contributed by atoms with Gasteiger partial charge in [-0.1, -0.05) is 6.07 Å². The predicted molar refractivity (Wildman–Crippen MR) is 43.6 cm³/mol. The lowest BCUT2D eigenvalue weighted by Gasteiger charge is -2.20. The van der Waals surface area contributed by atoms with Crippen molar-refractivity contribution in [3.05, 3.63) is 35.4 Å². The Balaban J connectivity index is 3.31. The molecular weight excluding hydrogens is 160 g/mol. The molecule has 1 rings (SSSR count). The van der Waals surface area contributed by atoms with Crippen LogP contribution in [0.15, 0.2) is 18.2 Å². The molecule has 0 fully saturated rings. The third-order valence-electron chi connectivity index (χ3n) is 1.61. The Labute approximate surface area is 70.2 Å². The number of rotatable bonds is 1. The lowest BCUT2D eigenvalue weighted by molar-refractivity contribution is 0.459. The highest BCUT2D eigenvalue weighted by Crippen LogP contribution is 2.22. The summed E-state index contributed by atoms with van der Waals surface area (Å²) < 4.78 is 26.1. The minimum atomic E-state index is -0.977. The van der Waals surface area contributed by atoms with Gasteiger partial charge in [0.1, 0.15) is 11.6 Å². The summed E-state index contributed by atoms with van der Waals surface area (Å²) in [6.45, 7) is 3.13. The van der Waals surface area contributed by atoms with Crippen molar-refractivity contribution in [1.82, 2.24) is 0 Å². The molecule has 1 aromatic carbocycles. The lowest BCUT2D eigenvalue weighted by atomic mass is 9.95. The van der Waals surface area contributed by atoms with Crippen molar-refractivity contribution < 1.29 is 8.78 Å². The van der Waals surface area contributed by atoms with Crippen LogP contribution in [0.1, 0.15) is 19.4 Å². The normalized spacial score (nSPS) is 11.8. The zero-order valence-electron chi connectivity index (χ0n) is 7.07. The fourth-order valence-electron chi connectivity index (χ4n) is 1.11. The molecule has 0 aliphatic rings. The summed E-state index contributed by atoms with van der Waals surface area (Å²) in [7, 11) is 0. The van der Waals surface area contributed by atoms with Crippen LogP contribution in [-0.4, -0.2) is 0 Å². The lowest BCUT2D eigenvalue weighted by Crippen LogP contribution is -2.31. The van der Waals surface area contributed by atoms with Gasteiger partial charge in [-0.25, -0.2) is 8.78 Å². The summed E-state index contributed by atoms with van der Waals surface area (Å²) in [6.07, 6.45) is 0. The SMILES string of the molecule is CC(C)(N)c1c(F)cccc1F. The van der Waals surface area contributed by atoms with Gasteiger partial charge in [-0.3, -0.25) is 0 Å². The van der Waals surface area contributed by atoms with Crippen molar-refractivity contribution >= 4 is 0 Å². The molecule has 0 spiro atoms. The van der Waals surface area contributed by atoms with Gasteiger partial charge in [0.15, 0.2) is 0 Å². The molecule has 0 amide bonds. The zero-order chi connectivity index (χ0) is 9.35. The maximum absolute atomic E-state index is 13.0. The van der Waals surface area contributed by atoms with E-state index in [2.05, 4.69) is 0 Å². The van der Waals surface area contributed by atoms with Gasteiger partial charge in [0, 0.05) is 11.1 Å². The van der Waals surface area contributed by atoms with E-state index in [9.17, 15) is 8.78 Å². The second-order valence-electron chi connectivity index (χ2n) is 3.32. The summed E-state index contributed by atoms with van der Waals surface area (Å²) in [5.74, 6) is -1.19. The van der Waals surface area contributed by atoms with Gasteiger partial charge >= 0.3 is 0 Å². The molecule has 0 aromatic heterocycles. The Morgan fingerprint density at radius 2 is 1.58 bits per heavy atom. The highest BCUT2D eigenvalue weighted by atomic mass is 19.1. The predicted octanol–water partition coefficient (Wildman–Crippen LogP) is 2.16. The fourth-order valence-corrected chi connectivity index (χ4v) is 1.11. The molecule has 0 radical (unpaired) electrons. The van der Waals surface area contributed by atoms with Crippen molar-refractivity contribution in [2.24, 2.45) is 5.73 Å². The summed E-state index contributed by atoms with van der Waals surface area (Å²) in [5, 5.41) is 0. The molecule has 0 atom stereocenters. The van der Waals surface area contributed by atoms with Crippen molar-refractivity contribution in [3.8, 4) is 0 Å². The van der Waals surface area contributed by atoms with E-state index in [1.165, 1.54) is 18.2 Å². The number of hydrogen-bond acceptors (Lipinski definition) is 1. The molecule has 2 N–H and O–H groups in total. The van der Waals surface area contributed by atoms with E-state index in [1.54, 1.807) is 13.8 Å². The maximum atomic E-state index is 13.0. The van der Waals surface area contributed by atoms with E-state index in [4.69, 9.17) is 5.73 Å². The second kappa shape index (κ2) is 2.83. The number of halogens is 2. The first-order valence-electron chi connectivity index (χ1n) is 3.66. The van der Waals surface area contributed by atoms with Crippen molar-refractivity contribution in [3.63, 3.8) is 0 Å². The van der Waals surface area contributed by atoms with Crippen LogP contribution in [0.4, 0.5) is 8.78 Å². The first kappa shape index (κ1) is 9.13. The summed E-state index contributed by atoms with van der Waals surface area (Å²) >= 11 is 0. The van der Waals surface area contributed by atoms with E-state index < -0.39 is 17.2 Å². The smallest absolute Gasteiger partial charge is 0.131 e. The highest BCUT2D eigenvalue weighted by Gasteiger charge is 2.22. The third-order valence-corrected chi connectivity index (χ3v) is 1.61. The van der Waals surface area contributed by atoms with E-state index in [0.717, 1.165) is 0 Å². The molecule has 0 unspecified atom stereocenters. The molecular formula is C9H11F2N. The van der Waals surface area contributed by atoms with Crippen LogP contribution < -0.4 is 5.73 Å². The maximum Gasteiger partial charge on any atom is 0.131 e. The second-order valence-corrected chi connectivity index (χ2v) is 3.32. The minimum Gasteiger partial charge on any atom is -0.322 e. The van der Waals surface area contributed by atoms with Crippen LogP contribution in [0.2, 0.25) is 0 Å². The van der Waals surface area contributed by atoms with Crippen LogP contribution in [0.25, 0.3) is 0 Å². The average molecular weight is 171 g/mol. The number of benzene rings is 1. The van der Waals surface area contributed by atoms with E-state index in [0.29, 0.717) is 0 Å². The quantitative estimate of drug-likeness (QED) is 0.688. The third kappa shape index (κ3) is 1.61. The van der Waals surface area contributed by atoms with Crippen LogP contribution in [0, 0.1) is 11.6 Å². The molecule has 66 valence electrons. The number of hydrogen-bond donors (Lipinski definition) is 1. The molecule has 0 heterocycles. The summed E-state index contributed by atoms with van der Waals surface area (Å²) in [4.78, 5) is 0. The van der Waals surface area contributed by atoms with E-state index in [-0.39, 0.29) is 5.56 Å². The van der Waals surface area contributed by atoms with Crippen LogP contribution in [0.3, 0.4) is 0 Å². The van der Waals surface area contributed by atoms with Crippen molar-refractivity contribution in [1.29, 1.82) is 0 Å². The Kier molecular flexibility index (Phi) is 2.15.